The number of esters is 1. The second kappa shape index (κ2) is 10.3. The number of hydrogen-bond acceptors (Lipinski definition) is 5. The molecule has 2 saturated heterocycles. The van der Waals surface area contributed by atoms with Crippen molar-refractivity contribution in [2.24, 2.45) is 0 Å². The minimum atomic E-state index is -0.228. The molecule has 2 aliphatic rings. The lowest BCUT2D eigenvalue weighted by Gasteiger charge is -2.26. The first kappa shape index (κ1) is 18.7. The van der Waals surface area contributed by atoms with Crippen LogP contribution in [0.2, 0.25) is 0 Å². The Morgan fingerprint density at radius 3 is 2.13 bits per heavy atom. The Hall–Kier alpha value is -0.650. The van der Waals surface area contributed by atoms with Crippen molar-refractivity contribution in [2.75, 3.05) is 33.3 Å². The summed E-state index contributed by atoms with van der Waals surface area (Å²) in [5.41, 5.74) is -0.228. The van der Waals surface area contributed by atoms with Crippen molar-refractivity contribution in [2.45, 2.75) is 76.7 Å². The quantitative estimate of drug-likeness (QED) is 0.406. The SMILES string of the molecule is CCCCCCCCCCCC(=O)OCC12COCN1COC2. The van der Waals surface area contributed by atoms with Gasteiger partial charge in [0, 0.05) is 6.42 Å². The Bertz CT molecular complexity index is 338. The normalized spacial score (nSPS) is 19.9. The van der Waals surface area contributed by atoms with Gasteiger partial charge in [0.2, 0.25) is 0 Å². The highest BCUT2D eigenvalue weighted by Gasteiger charge is 2.47. The van der Waals surface area contributed by atoms with Crippen LogP contribution in [0.3, 0.4) is 0 Å². The van der Waals surface area contributed by atoms with Gasteiger partial charge in [0.15, 0.2) is 0 Å². The van der Waals surface area contributed by atoms with E-state index in [-0.39, 0.29) is 11.5 Å². The summed E-state index contributed by atoms with van der Waals surface area (Å²) in [5, 5.41) is 0. The molecule has 0 bridgehead atoms. The number of carbonyl (C=O) groups excluding carboxylic acids is 1. The molecular formula is C18H33NO4. The smallest absolute Gasteiger partial charge is 0.305 e. The summed E-state index contributed by atoms with van der Waals surface area (Å²) in [6, 6.07) is 0. The first-order chi connectivity index (χ1) is 11.3. The van der Waals surface area contributed by atoms with E-state index in [1.807, 2.05) is 0 Å². The monoisotopic (exact) mass is 327 g/mol. The lowest BCUT2D eigenvalue weighted by molar-refractivity contribution is -0.146. The summed E-state index contributed by atoms with van der Waals surface area (Å²) >= 11 is 0. The molecule has 134 valence electrons. The molecule has 0 saturated carbocycles. The summed E-state index contributed by atoms with van der Waals surface area (Å²) in [6.07, 6.45) is 11.9. The molecule has 0 N–H and O–H groups in total. The number of nitrogens with zero attached hydrogens (tertiary/aromatic N) is 1. The van der Waals surface area contributed by atoms with E-state index < -0.39 is 0 Å². The minimum Gasteiger partial charge on any atom is -0.464 e. The summed E-state index contributed by atoms with van der Waals surface area (Å²) in [4.78, 5) is 14.0. The largest absolute Gasteiger partial charge is 0.464 e. The minimum absolute atomic E-state index is 0.0823. The average molecular weight is 327 g/mol. The predicted molar refractivity (Wildman–Crippen MR) is 89.0 cm³/mol. The Labute approximate surface area is 140 Å². The van der Waals surface area contributed by atoms with E-state index in [4.69, 9.17) is 14.2 Å². The van der Waals surface area contributed by atoms with Crippen molar-refractivity contribution in [3.8, 4) is 0 Å². The van der Waals surface area contributed by atoms with Crippen LogP contribution in [-0.2, 0) is 19.0 Å². The molecule has 5 nitrogen and oxygen atoms in total. The van der Waals surface area contributed by atoms with E-state index in [9.17, 15) is 4.79 Å². The van der Waals surface area contributed by atoms with Crippen LogP contribution in [0.15, 0.2) is 0 Å². The third-order valence-electron chi connectivity index (χ3n) is 4.89. The van der Waals surface area contributed by atoms with E-state index in [0.717, 1.165) is 12.8 Å². The molecule has 2 fully saturated rings. The maximum atomic E-state index is 11.9. The fraction of sp³-hybridized carbons (Fsp3) is 0.944. The standard InChI is InChI=1S/C18H33NO4/c1-2-3-4-5-6-7-8-9-10-11-17(20)23-14-18-12-21-15-19(18)16-22-13-18/h2-16H2,1H3. The van der Waals surface area contributed by atoms with Gasteiger partial charge in [0.25, 0.3) is 0 Å². The topological polar surface area (TPSA) is 48.0 Å². The second-order valence-electron chi connectivity index (χ2n) is 6.96. The van der Waals surface area contributed by atoms with Gasteiger partial charge in [0.05, 0.1) is 13.2 Å². The van der Waals surface area contributed by atoms with E-state index in [1.54, 1.807) is 0 Å². The first-order valence-electron chi connectivity index (χ1n) is 9.33. The Morgan fingerprint density at radius 2 is 1.52 bits per heavy atom. The Kier molecular flexibility index (Phi) is 8.34. The van der Waals surface area contributed by atoms with Crippen molar-refractivity contribution in [1.82, 2.24) is 4.90 Å². The van der Waals surface area contributed by atoms with Crippen LogP contribution >= 0.6 is 0 Å². The lowest BCUT2D eigenvalue weighted by atomic mass is 10.0. The maximum Gasteiger partial charge on any atom is 0.305 e. The predicted octanol–water partition coefficient (Wildman–Crippen LogP) is 3.47. The molecule has 0 amide bonds. The number of rotatable bonds is 12. The van der Waals surface area contributed by atoms with Gasteiger partial charge >= 0.3 is 5.97 Å². The van der Waals surface area contributed by atoms with E-state index in [2.05, 4.69) is 11.8 Å². The van der Waals surface area contributed by atoms with Crippen molar-refractivity contribution in [1.29, 1.82) is 0 Å². The van der Waals surface area contributed by atoms with Crippen molar-refractivity contribution >= 4 is 5.97 Å². The third-order valence-corrected chi connectivity index (χ3v) is 4.89. The molecule has 2 aliphatic heterocycles. The van der Waals surface area contributed by atoms with E-state index >= 15 is 0 Å². The van der Waals surface area contributed by atoms with Crippen LogP contribution in [-0.4, -0.2) is 49.7 Å². The number of hydrogen-bond donors (Lipinski definition) is 0. The van der Waals surface area contributed by atoms with Gasteiger partial charge < -0.3 is 14.2 Å². The molecule has 2 heterocycles. The molecule has 0 aromatic rings. The molecule has 23 heavy (non-hydrogen) atoms. The van der Waals surface area contributed by atoms with Crippen molar-refractivity contribution in [3.05, 3.63) is 0 Å². The molecular weight excluding hydrogens is 294 g/mol. The van der Waals surface area contributed by atoms with Crippen LogP contribution in [0.1, 0.15) is 71.1 Å². The summed E-state index contributed by atoms with van der Waals surface area (Å²) in [6.45, 7) is 4.99. The molecule has 0 aromatic carbocycles. The highest BCUT2D eigenvalue weighted by molar-refractivity contribution is 5.69. The average Bonchev–Trinajstić information content (AvgIpc) is 3.11. The zero-order valence-corrected chi connectivity index (χ0v) is 14.7. The van der Waals surface area contributed by atoms with Crippen molar-refractivity contribution in [3.63, 3.8) is 0 Å². The molecule has 0 aromatic heterocycles. The number of unbranched alkanes of at least 4 members (excludes halogenated alkanes) is 8. The molecule has 0 spiro atoms. The van der Waals surface area contributed by atoms with Gasteiger partial charge in [0.1, 0.15) is 25.6 Å². The van der Waals surface area contributed by atoms with Gasteiger partial charge in [-0.2, -0.15) is 0 Å². The van der Waals surface area contributed by atoms with Gasteiger partial charge in [-0.05, 0) is 6.42 Å². The number of fused-ring (bicyclic) bond motifs is 1. The Balaban J connectivity index is 1.45. The van der Waals surface area contributed by atoms with E-state index in [0.29, 0.717) is 39.7 Å². The van der Waals surface area contributed by atoms with Crippen LogP contribution < -0.4 is 0 Å². The second-order valence-corrected chi connectivity index (χ2v) is 6.96. The molecule has 5 heteroatoms. The summed E-state index contributed by atoms with van der Waals surface area (Å²) in [7, 11) is 0. The highest BCUT2D eigenvalue weighted by atomic mass is 16.6. The highest BCUT2D eigenvalue weighted by Crippen LogP contribution is 2.28. The summed E-state index contributed by atoms with van der Waals surface area (Å²) < 4.78 is 16.4. The molecule has 0 unspecified atom stereocenters. The third kappa shape index (κ3) is 6.05. The van der Waals surface area contributed by atoms with Gasteiger partial charge in [-0.15, -0.1) is 0 Å². The number of carbonyl (C=O) groups is 1. The zero-order chi connectivity index (χ0) is 16.4. The van der Waals surface area contributed by atoms with Gasteiger partial charge in [-0.25, -0.2) is 4.90 Å². The first-order valence-corrected chi connectivity index (χ1v) is 9.33. The maximum absolute atomic E-state index is 11.9. The summed E-state index contributed by atoms with van der Waals surface area (Å²) in [5.74, 6) is -0.0823. The Morgan fingerprint density at radius 1 is 0.957 bits per heavy atom. The van der Waals surface area contributed by atoms with Gasteiger partial charge in [-0.1, -0.05) is 58.3 Å². The van der Waals surface area contributed by atoms with Crippen LogP contribution in [0.4, 0.5) is 0 Å². The number of ether oxygens (including phenoxy) is 3. The van der Waals surface area contributed by atoms with E-state index in [1.165, 1.54) is 44.9 Å². The van der Waals surface area contributed by atoms with Crippen LogP contribution in [0, 0.1) is 0 Å². The van der Waals surface area contributed by atoms with Crippen LogP contribution in [0.25, 0.3) is 0 Å². The van der Waals surface area contributed by atoms with Crippen LogP contribution in [0.5, 0.6) is 0 Å². The van der Waals surface area contributed by atoms with Gasteiger partial charge in [-0.3, -0.25) is 4.79 Å². The zero-order valence-electron chi connectivity index (χ0n) is 14.7. The van der Waals surface area contributed by atoms with Crippen molar-refractivity contribution < 1.29 is 19.0 Å². The molecule has 0 radical (unpaired) electrons. The molecule has 2 rings (SSSR count). The molecule has 0 atom stereocenters. The molecule has 0 aliphatic carbocycles. The fourth-order valence-electron chi connectivity index (χ4n) is 3.27. The lowest BCUT2D eigenvalue weighted by Crippen LogP contribution is -2.47. The fourth-order valence-corrected chi connectivity index (χ4v) is 3.27.